The standard InChI is InChI=1S/C8H14OS/c1-8(2)6(3-4-10-8)7-5-9-7/h6-7H,3-5H2,1-2H3/t6?,7-/m0/s1. The molecular formula is C8H14OS. The SMILES string of the molecule is CC1(C)SCCC1[C@@H]1CO1. The van der Waals surface area contributed by atoms with E-state index in [1.165, 1.54) is 12.2 Å². The van der Waals surface area contributed by atoms with E-state index in [0.29, 0.717) is 10.9 Å². The van der Waals surface area contributed by atoms with E-state index in [9.17, 15) is 0 Å². The lowest BCUT2D eigenvalue weighted by Gasteiger charge is -2.23. The topological polar surface area (TPSA) is 12.5 Å². The van der Waals surface area contributed by atoms with Crippen molar-refractivity contribution in [2.45, 2.75) is 31.1 Å². The third kappa shape index (κ3) is 1.08. The number of thioether (sulfide) groups is 1. The highest BCUT2D eigenvalue weighted by atomic mass is 32.2. The molecule has 2 fully saturated rings. The van der Waals surface area contributed by atoms with Gasteiger partial charge in [0.2, 0.25) is 0 Å². The third-order valence-electron chi connectivity index (χ3n) is 2.60. The summed E-state index contributed by atoms with van der Waals surface area (Å²) >= 11 is 2.10. The number of ether oxygens (including phenoxy) is 1. The fourth-order valence-corrected chi connectivity index (χ4v) is 3.21. The minimum Gasteiger partial charge on any atom is -0.373 e. The van der Waals surface area contributed by atoms with Crippen LogP contribution in [0.4, 0.5) is 0 Å². The van der Waals surface area contributed by atoms with Crippen LogP contribution in [0.2, 0.25) is 0 Å². The van der Waals surface area contributed by atoms with Gasteiger partial charge in [-0.05, 0) is 12.2 Å². The normalized spacial score (nSPS) is 43.8. The van der Waals surface area contributed by atoms with E-state index in [1.54, 1.807) is 0 Å². The lowest BCUT2D eigenvalue weighted by Crippen LogP contribution is -2.26. The first kappa shape index (κ1) is 6.99. The van der Waals surface area contributed by atoms with Gasteiger partial charge in [-0.2, -0.15) is 11.8 Å². The van der Waals surface area contributed by atoms with Crippen LogP contribution >= 0.6 is 11.8 Å². The molecule has 1 unspecified atom stereocenters. The quantitative estimate of drug-likeness (QED) is 0.541. The fourth-order valence-electron chi connectivity index (χ4n) is 1.83. The number of epoxide rings is 1. The van der Waals surface area contributed by atoms with Crippen LogP contribution in [-0.4, -0.2) is 23.2 Å². The average molecular weight is 158 g/mol. The van der Waals surface area contributed by atoms with Crippen LogP contribution in [-0.2, 0) is 4.74 Å². The number of hydrogen-bond donors (Lipinski definition) is 0. The van der Waals surface area contributed by atoms with Crippen LogP contribution in [0.5, 0.6) is 0 Å². The highest BCUT2D eigenvalue weighted by Gasteiger charge is 2.45. The summed E-state index contributed by atoms with van der Waals surface area (Å²) in [4.78, 5) is 0. The largest absolute Gasteiger partial charge is 0.373 e. The number of hydrogen-bond acceptors (Lipinski definition) is 2. The van der Waals surface area contributed by atoms with Gasteiger partial charge in [-0.25, -0.2) is 0 Å². The molecule has 2 heterocycles. The summed E-state index contributed by atoms with van der Waals surface area (Å²) in [6.45, 7) is 5.71. The Hall–Kier alpha value is 0.310. The van der Waals surface area contributed by atoms with Crippen molar-refractivity contribution < 1.29 is 4.74 Å². The molecule has 2 atom stereocenters. The Morgan fingerprint density at radius 2 is 2.20 bits per heavy atom. The molecule has 2 heteroatoms. The maximum atomic E-state index is 5.31. The Balaban J connectivity index is 2.05. The minimum atomic E-state index is 0.487. The molecule has 2 aliphatic heterocycles. The lowest BCUT2D eigenvalue weighted by molar-refractivity contribution is 0.296. The molecule has 0 aliphatic carbocycles. The highest BCUT2D eigenvalue weighted by molar-refractivity contribution is 8.00. The molecular weight excluding hydrogens is 144 g/mol. The first-order valence-corrected chi connectivity index (χ1v) is 4.94. The van der Waals surface area contributed by atoms with E-state index in [4.69, 9.17) is 4.74 Å². The molecule has 0 saturated carbocycles. The zero-order chi connectivity index (χ0) is 7.19. The molecule has 0 aromatic carbocycles. The van der Waals surface area contributed by atoms with Gasteiger partial charge in [-0.1, -0.05) is 13.8 Å². The molecule has 0 radical (unpaired) electrons. The van der Waals surface area contributed by atoms with Gasteiger partial charge in [-0.3, -0.25) is 0 Å². The van der Waals surface area contributed by atoms with Crippen molar-refractivity contribution in [1.82, 2.24) is 0 Å². The molecule has 0 bridgehead atoms. The Morgan fingerprint density at radius 3 is 2.60 bits per heavy atom. The van der Waals surface area contributed by atoms with Gasteiger partial charge < -0.3 is 4.74 Å². The summed E-state index contributed by atoms with van der Waals surface area (Å²) in [6.07, 6.45) is 1.98. The summed E-state index contributed by atoms with van der Waals surface area (Å²) in [5, 5.41) is 0. The van der Waals surface area contributed by atoms with E-state index in [-0.39, 0.29) is 0 Å². The first-order chi connectivity index (χ1) is 4.70. The van der Waals surface area contributed by atoms with Crippen molar-refractivity contribution in [2.75, 3.05) is 12.4 Å². The van der Waals surface area contributed by atoms with Crippen LogP contribution in [0.3, 0.4) is 0 Å². The molecule has 2 rings (SSSR count). The van der Waals surface area contributed by atoms with Gasteiger partial charge in [0, 0.05) is 10.7 Å². The smallest absolute Gasteiger partial charge is 0.0851 e. The monoisotopic (exact) mass is 158 g/mol. The Labute approximate surface area is 66.5 Å². The minimum absolute atomic E-state index is 0.487. The van der Waals surface area contributed by atoms with Crippen LogP contribution in [0, 0.1) is 5.92 Å². The average Bonchev–Trinajstić information content (AvgIpc) is 2.58. The van der Waals surface area contributed by atoms with E-state index in [1.807, 2.05) is 0 Å². The third-order valence-corrected chi connectivity index (χ3v) is 4.09. The van der Waals surface area contributed by atoms with E-state index >= 15 is 0 Å². The molecule has 2 aliphatic rings. The molecule has 1 nitrogen and oxygen atoms in total. The fraction of sp³-hybridized carbons (Fsp3) is 1.00. The Kier molecular flexibility index (Phi) is 1.50. The first-order valence-electron chi connectivity index (χ1n) is 3.96. The summed E-state index contributed by atoms with van der Waals surface area (Å²) in [5.74, 6) is 2.16. The van der Waals surface area contributed by atoms with Gasteiger partial charge in [0.05, 0.1) is 12.7 Å². The predicted molar refractivity (Wildman–Crippen MR) is 44.4 cm³/mol. The Bertz CT molecular complexity index is 140. The lowest BCUT2D eigenvalue weighted by atomic mass is 9.90. The van der Waals surface area contributed by atoms with Crippen LogP contribution in [0.15, 0.2) is 0 Å². The van der Waals surface area contributed by atoms with Gasteiger partial charge in [0.15, 0.2) is 0 Å². The molecule has 0 N–H and O–H groups in total. The molecule has 0 amide bonds. The zero-order valence-corrected chi connectivity index (χ0v) is 7.41. The molecule has 0 aromatic heterocycles. The molecule has 58 valence electrons. The van der Waals surface area contributed by atoms with Gasteiger partial charge in [0.25, 0.3) is 0 Å². The predicted octanol–water partition coefficient (Wildman–Crippen LogP) is 1.92. The van der Waals surface area contributed by atoms with E-state index in [2.05, 4.69) is 25.6 Å². The molecule has 10 heavy (non-hydrogen) atoms. The van der Waals surface area contributed by atoms with Crippen LogP contribution < -0.4 is 0 Å². The van der Waals surface area contributed by atoms with Gasteiger partial charge >= 0.3 is 0 Å². The second-order valence-corrected chi connectivity index (χ2v) is 5.47. The summed E-state index contributed by atoms with van der Waals surface area (Å²) in [7, 11) is 0. The number of rotatable bonds is 1. The van der Waals surface area contributed by atoms with Gasteiger partial charge in [0.1, 0.15) is 0 Å². The van der Waals surface area contributed by atoms with Crippen molar-refractivity contribution in [1.29, 1.82) is 0 Å². The summed E-state index contributed by atoms with van der Waals surface area (Å²) in [5.41, 5.74) is 0. The maximum Gasteiger partial charge on any atom is 0.0851 e. The summed E-state index contributed by atoms with van der Waals surface area (Å²) in [6, 6.07) is 0. The Morgan fingerprint density at radius 1 is 1.50 bits per heavy atom. The maximum absolute atomic E-state index is 5.31. The van der Waals surface area contributed by atoms with Crippen molar-refractivity contribution >= 4 is 11.8 Å². The second kappa shape index (κ2) is 2.15. The highest BCUT2D eigenvalue weighted by Crippen LogP contribution is 2.47. The van der Waals surface area contributed by atoms with Crippen molar-refractivity contribution in [3.05, 3.63) is 0 Å². The zero-order valence-electron chi connectivity index (χ0n) is 6.59. The van der Waals surface area contributed by atoms with E-state index in [0.717, 1.165) is 12.5 Å². The van der Waals surface area contributed by atoms with Crippen molar-refractivity contribution in [3.8, 4) is 0 Å². The molecule has 0 aromatic rings. The van der Waals surface area contributed by atoms with Crippen molar-refractivity contribution in [3.63, 3.8) is 0 Å². The molecule has 2 saturated heterocycles. The summed E-state index contributed by atoms with van der Waals surface area (Å²) < 4.78 is 5.80. The van der Waals surface area contributed by atoms with E-state index < -0.39 is 0 Å². The van der Waals surface area contributed by atoms with Gasteiger partial charge in [-0.15, -0.1) is 0 Å². The van der Waals surface area contributed by atoms with Crippen LogP contribution in [0.25, 0.3) is 0 Å². The molecule has 0 spiro atoms. The van der Waals surface area contributed by atoms with Crippen LogP contribution in [0.1, 0.15) is 20.3 Å². The second-order valence-electron chi connectivity index (χ2n) is 3.72. The van der Waals surface area contributed by atoms with Crippen molar-refractivity contribution in [2.24, 2.45) is 5.92 Å².